The number of hydrogen-bond donors (Lipinski definition) is 0. The van der Waals surface area contributed by atoms with E-state index in [4.69, 9.17) is 4.74 Å². The number of aryl methyl sites for hydroxylation is 1. The molecular weight excluding hydrogens is 370 g/mol. The van der Waals surface area contributed by atoms with E-state index >= 15 is 0 Å². The first-order valence-corrected chi connectivity index (χ1v) is 10.2. The number of fused-ring (bicyclic) bond motifs is 2. The number of methoxy groups -OCH3 is 1. The van der Waals surface area contributed by atoms with E-state index in [1.54, 1.807) is 24.8 Å². The van der Waals surface area contributed by atoms with Gasteiger partial charge in [0, 0.05) is 48.3 Å². The molecule has 0 N–H and O–H groups in total. The zero-order chi connectivity index (χ0) is 19.1. The summed E-state index contributed by atoms with van der Waals surface area (Å²) in [6.07, 6.45) is 3.55. The SMILES string of the molecule is COc1cccc2c(N3CCN(c4ncnc5sc(C)cc45)CC3)ccnc12. The van der Waals surface area contributed by atoms with Gasteiger partial charge in [0.05, 0.1) is 12.5 Å². The highest BCUT2D eigenvalue weighted by Gasteiger charge is 2.22. The number of anilines is 2. The van der Waals surface area contributed by atoms with Crippen LogP contribution in [-0.2, 0) is 0 Å². The van der Waals surface area contributed by atoms with Crippen molar-refractivity contribution in [1.29, 1.82) is 0 Å². The van der Waals surface area contributed by atoms with Gasteiger partial charge < -0.3 is 14.5 Å². The molecule has 0 atom stereocenters. The number of thiophene rings is 1. The number of ether oxygens (including phenoxy) is 1. The first kappa shape index (κ1) is 17.2. The summed E-state index contributed by atoms with van der Waals surface area (Å²) in [5.74, 6) is 1.87. The van der Waals surface area contributed by atoms with Crippen molar-refractivity contribution in [3.05, 3.63) is 47.7 Å². The van der Waals surface area contributed by atoms with Crippen LogP contribution >= 0.6 is 11.3 Å². The van der Waals surface area contributed by atoms with Crippen LogP contribution in [0.2, 0.25) is 0 Å². The molecule has 5 rings (SSSR count). The van der Waals surface area contributed by atoms with Gasteiger partial charge in [0.2, 0.25) is 0 Å². The van der Waals surface area contributed by atoms with E-state index in [9.17, 15) is 0 Å². The van der Waals surface area contributed by atoms with Crippen molar-refractivity contribution in [2.75, 3.05) is 43.1 Å². The number of nitrogens with zero attached hydrogens (tertiary/aromatic N) is 5. The van der Waals surface area contributed by atoms with Gasteiger partial charge in [0.15, 0.2) is 0 Å². The van der Waals surface area contributed by atoms with Crippen LogP contribution in [0.3, 0.4) is 0 Å². The lowest BCUT2D eigenvalue weighted by Crippen LogP contribution is -2.47. The van der Waals surface area contributed by atoms with Gasteiger partial charge in [-0.1, -0.05) is 12.1 Å². The molecule has 7 heteroatoms. The lowest BCUT2D eigenvalue weighted by Gasteiger charge is -2.37. The number of piperazine rings is 1. The molecule has 0 saturated carbocycles. The van der Waals surface area contributed by atoms with Crippen LogP contribution in [0.15, 0.2) is 42.9 Å². The second-order valence-electron chi connectivity index (χ2n) is 6.93. The Hall–Kier alpha value is -2.93. The Labute approximate surface area is 167 Å². The van der Waals surface area contributed by atoms with Crippen LogP contribution in [-0.4, -0.2) is 48.2 Å². The smallest absolute Gasteiger partial charge is 0.145 e. The van der Waals surface area contributed by atoms with Crippen LogP contribution in [0.1, 0.15) is 4.88 Å². The summed E-state index contributed by atoms with van der Waals surface area (Å²) in [7, 11) is 1.69. The average Bonchev–Trinajstić information content (AvgIpc) is 3.13. The molecule has 0 unspecified atom stereocenters. The predicted molar refractivity (Wildman–Crippen MR) is 115 cm³/mol. The fourth-order valence-electron chi connectivity index (χ4n) is 3.95. The van der Waals surface area contributed by atoms with Crippen LogP contribution in [0.25, 0.3) is 21.1 Å². The number of rotatable bonds is 3. The molecule has 0 aliphatic carbocycles. The van der Waals surface area contributed by atoms with Crippen LogP contribution in [0, 0.1) is 6.92 Å². The van der Waals surface area contributed by atoms with Crippen molar-refractivity contribution in [3.63, 3.8) is 0 Å². The van der Waals surface area contributed by atoms with E-state index in [1.807, 2.05) is 18.3 Å². The fourth-order valence-corrected chi connectivity index (χ4v) is 4.79. The molecule has 0 spiro atoms. The second-order valence-corrected chi connectivity index (χ2v) is 8.17. The largest absolute Gasteiger partial charge is 0.494 e. The van der Waals surface area contributed by atoms with Crippen molar-refractivity contribution in [1.82, 2.24) is 15.0 Å². The standard InChI is InChI=1S/C21H21N5OS/c1-14-12-16-20(23-13-24-21(16)28-14)26-10-8-25(9-11-26)17-6-7-22-19-15(17)4-3-5-18(19)27-2/h3-7,12-13H,8-11H2,1-2H3. The Balaban J connectivity index is 1.43. The third-order valence-corrected chi connectivity index (χ3v) is 6.24. The zero-order valence-electron chi connectivity index (χ0n) is 15.9. The highest BCUT2D eigenvalue weighted by atomic mass is 32.1. The minimum atomic E-state index is 0.814. The first-order chi connectivity index (χ1) is 13.7. The molecule has 1 aliphatic heterocycles. The van der Waals surface area contributed by atoms with Gasteiger partial charge in [0.25, 0.3) is 0 Å². The van der Waals surface area contributed by atoms with Gasteiger partial charge in [-0.3, -0.25) is 4.98 Å². The molecule has 1 fully saturated rings. The van der Waals surface area contributed by atoms with Gasteiger partial charge in [-0.05, 0) is 25.1 Å². The second kappa shape index (κ2) is 6.91. The van der Waals surface area contributed by atoms with Crippen molar-refractivity contribution in [2.24, 2.45) is 0 Å². The van der Waals surface area contributed by atoms with Crippen molar-refractivity contribution in [2.45, 2.75) is 6.92 Å². The Morgan fingerprint density at radius 1 is 0.964 bits per heavy atom. The van der Waals surface area contributed by atoms with E-state index in [0.717, 1.165) is 58.9 Å². The minimum Gasteiger partial charge on any atom is -0.494 e. The van der Waals surface area contributed by atoms with E-state index < -0.39 is 0 Å². The van der Waals surface area contributed by atoms with Crippen LogP contribution < -0.4 is 14.5 Å². The highest BCUT2D eigenvalue weighted by Crippen LogP contribution is 2.33. The van der Waals surface area contributed by atoms with Gasteiger partial charge >= 0.3 is 0 Å². The van der Waals surface area contributed by atoms with E-state index in [0.29, 0.717) is 0 Å². The molecule has 4 heterocycles. The summed E-state index contributed by atoms with van der Waals surface area (Å²) in [4.78, 5) is 20.7. The molecule has 28 heavy (non-hydrogen) atoms. The molecule has 0 bridgehead atoms. The highest BCUT2D eigenvalue weighted by molar-refractivity contribution is 7.18. The van der Waals surface area contributed by atoms with Crippen molar-refractivity contribution >= 4 is 44.0 Å². The summed E-state index contributed by atoms with van der Waals surface area (Å²) >= 11 is 1.73. The summed E-state index contributed by atoms with van der Waals surface area (Å²) in [6.45, 7) is 5.84. The van der Waals surface area contributed by atoms with E-state index in [1.165, 1.54) is 10.6 Å². The molecule has 1 saturated heterocycles. The monoisotopic (exact) mass is 391 g/mol. The Morgan fingerprint density at radius 2 is 1.79 bits per heavy atom. The number of aromatic nitrogens is 3. The Kier molecular flexibility index (Phi) is 4.24. The third-order valence-electron chi connectivity index (χ3n) is 5.28. The number of benzene rings is 1. The normalized spacial score (nSPS) is 14.8. The molecule has 142 valence electrons. The molecule has 6 nitrogen and oxygen atoms in total. The zero-order valence-corrected chi connectivity index (χ0v) is 16.7. The van der Waals surface area contributed by atoms with Gasteiger partial charge in [-0.25, -0.2) is 9.97 Å². The van der Waals surface area contributed by atoms with Gasteiger partial charge in [-0.15, -0.1) is 11.3 Å². The molecule has 1 aromatic carbocycles. The molecule has 0 amide bonds. The third kappa shape index (κ3) is 2.82. The number of pyridine rings is 1. The van der Waals surface area contributed by atoms with Gasteiger partial charge in [-0.2, -0.15) is 0 Å². The Bertz CT molecular complexity index is 1150. The minimum absolute atomic E-state index is 0.814. The van der Waals surface area contributed by atoms with Crippen molar-refractivity contribution in [3.8, 4) is 5.75 Å². The van der Waals surface area contributed by atoms with Crippen molar-refractivity contribution < 1.29 is 4.74 Å². The van der Waals surface area contributed by atoms with Crippen LogP contribution in [0.4, 0.5) is 11.5 Å². The maximum atomic E-state index is 5.49. The average molecular weight is 392 g/mol. The molecule has 3 aromatic heterocycles. The predicted octanol–water partition coefficient (Wildman–Crippen LogP) is 3.88. The number of para-hydroxylation sites is 1. The lowest BCUT2D eigenvalue weighted by molar-refractivity contribution is 0.419. The summed E-state index contributed by atoms with van der Waals surface area (Å²) in [5.41, 5.74) is 2.12. The maximum absolute atomic E-state index is 5.49. The lowest BCUT2D eigenvalue weighted by atomic mass is 10.1. The molecular formula is C21H21N5OS. The molecule has 4 aromatic rings. The number of hydrogen-bond acceptors (Lipinski definition) is 7. The van der Waals surface area contributed by atoms with Gasteiger partial charge in [0.1, 0.15) is 28.2 Å². The van der Waals surface area contributed by atoms with E-state index in [2.05, 4.69) is 49.9 Å². The molecule has 1 aliphatic rings. The Morgan fingerprint density at radius 3 is 2.61 bits per heavy atom. The first-order valence-electron chi connectivity index (χ1n) is 9.37. The quantitative estimate of drug-likeness (QED) is 0.528. The maximum Gasteiger partial charge on any atom is 0.145 e. The van der Waals surface area contributed by atoms with Crippen LogP contribution in [0.5, 0.6) is 5.75 Å². The summed E-state index contributed by atoms with van der Waals surface area (Å²) in [6, 6.07) is 10.4. The topological polar surface area (TPSA) is 54.4 Å². The fraction of sp³-hybridized carbons (Fsp3) is 0.286. The summed E-state index contributed by atoms with van der Waals surface area (Å²) < 4.78 is 5.49. The molecule has 0 radical (unpaired) electrons. The van der Waals surface area contributed by atoms with E-state index in [-0.39, 0.29) is 0 Å². The summed E-state index contributed by atoms with van der Waals surface area (Å²) in [5, 5.41) is 2.30.